The second kappa shape index (κ2) is 7.01. The largest absolute Gasteiger partial charge is 0.458 e. The van der Waals surface area contributed by atoms with Crippen molar-refractivity contribution in [1.82, 2.24) is 0 Å². The van der Waals surface area contributed by atoms with Crippen LogP contribution in [-0.2, 0) is 19.4 Å². The van der Waals surface area contributed by atoms with Gasteiger partial charge in [-0.2, -0.15) is 0 Å². The fraction of sp³-hybridized carbons (Fsp3) is 0.211. The SMILES string of the molecule is O=C(/C=C\c1cccc(-c2ccccc2)c1)O[C@H]1CCS(=O)(=O)C1. The average molecular weight is 342 g/mol. The highest BCUT2D eigenvalue weighted by molar-refractivity contribution is 7.91. The Bertz CT molecular complexity index is 854. The summed E-state index contributed by atoms with van der Waals surface area (Å²) in [6, 6.07) is 17.8. The molecule has 2 aromatic rings. The van der Waals surface area contributed by atoms with Gasteiger partial charge in [-0.1, -0.05) is 48.5 Å². The molecule has 0 bridgehead atoms. The molecule has 5 heteroatoms. The van der Waals surface area contributed by atoms with E-state index < -0.39 is 21.9 Å². The summed E-state index contributed by atoms with van der Waals surface area (Å²) < 4.78 is 27.9. The topological polar surface area (TPSA) is 60.4 Å². The van der Waals surface area contributed by atoms with Gasteiger partial charge >= 0.3 is 5.97 Å². The standard InChI is InChI=1S/C19H18O4S/c20-19(23-18-11-12-24(21,22)14-18)10-9-15-5-4-8-17(13-15)16-6-2-1-3-7-16/h1-10,13,18H,11-12,14H2/b10-9-/t18-/m0/s1. The van der Waals surface area contributed by atoms with Crippen LogP contribution in [0.3, 0.4) is 0 Å². The molecule has 24 heavy (non-hydrogen) atoms. The van der Waals surface area contributed by atoms with Gasteiger partial charge in [-0.25, -0.2) is 13.2 Å². The summed E-state index contributed by atoms with van der Waals surface area (Å²) in [5.74, 6) is -0.494. The molecular formula is C19H18O4S. The van der Waals surface area contributed by atoms with Crippen LogP contribution < -0.4 is 0 Å². The first-order chi connectivity index (χ1) is 11.5. The van der Waals surface area contributed by atoms with E-state index in [0.29, 0.717) is 6.42 Å². The Kier molecular flexibility index (Phi) is 4.81. The quantitative estimate of drug-likeness (QED) is 0.633. The van der Waals surface area contributed by atoms with E-state index in [9.17, 15) is 13.2 Å². The monoisotopic (exact) mass is 342 g/mol. The van der Waals surface area contributed by atoms with Crippen molar-refractivity contribution >= 4 is 21.9 Å². The van der Waals surface area contributed by atoms with Gasteiger partial charge in [0.25, 0.3) is 0 Å². The second-order valence-electron chi connectivity index (χ2n) is 5.79. The normalized spacial score (nSPS) is 19.4. The fourth-order valence-corrected chi connectivity index (χ4v) is 4.26. The molecule has 0 radical (unpaired) electrons. The van der Waals surface area contributed by atoms with Gasteiger partial charge in [0, 0.05) is 6.08 Å². The van der Waals surface area contributed by atoms with E-state index in [1.54, 1.807) is 6.08 Å². The van der Waals surface area contributed by atoms with Gasteiger partial charge < -0.3 is 4.74 Å². The second-order valence-corrected chi connectivity index (χ2v) is 8.02. The first kappa shape index (κ1) is 16.5. The molecule has 4 nitrogen and oxygen atoms in total. The van der Waals surface area contributed by atoms with Crippen LogP contribution in [0.25, 0.3) is 17.2 Å². The molecule has 0 aliphatic carbocycles. The minimum absolute atomic E-state index is 0.0733. The van der Waals surface area contributed by atoms with E-state index in [1.165, 1.54) is 6.08 Å². The lowest BCUT2D eigenvalue weighted by atomic mass is 10.0. The first-order valence-electron chi connectivity index (χ1n) is 7.76. The molecule has 1 saturated heterocycles. The number of benzene rings is 2. The lowest BCUT2D eigenvalue weighted by Gasteiger charge is -2.07. The summed E-state index contributed by atoms with van der Waals surface area (Å²) in [4.78, 5) is 11.8. The van der Waals surface area contributed by atoms with Crippen molar-refractivity contribution in [2.45, 2.75) is 12.5 Å². The Morgan fingerprint density at radius 2 is 1.79 bits per heavy atom. The van der Waals surface area contributed by atoms with E-state index in [1.807, 2.05) is 54.6 Å². The van der Waals surface area contributed by atoms with Gasteiger partial charge in [0.05, 0.1) is 11.5 Å². The van der Waals surface area contributed by atoms with E-state index in [0.717, 1.165) is 16.7 Å². The van der Waals surface area contributed by atoms with Crippen molar-refractivity contribution in [1.29, 1.82) is 0 Å². The van der Waals surface area contributed by atoms with Gasteiger partial charge in [0.2, 0.25) is 0 Å². The van der Waals surface area contributed by atoms with E-state index in [2.05, 4.69) is 0 Å². The van der Waals surface area contributed by atoms with Gasteiger partial charge in [-0.05, 0) is 35.3 Å². The zero-order valence-electron chi connectivity index (χ0n) is 13.1. The summed E-state index contributed by atoms with van der Waals surface area (Å²) in [7, 11) is -3.05. The van der Waals surface area contributed by atoms with Crippen molar-refractivity contribution in [3.05, 3.63) is 66.2 Å². The number of hydrogen-bond donors (Lipinski definition) is 0. The highest BCUT2D eigenvalue weighted by Gasteiger charge is 2.30. The number of rotatable bonds is 4. The van der Waals surface area contributed by atoms with Crippen LogP contribution in [0.5, 0.6) is 0 Å². The summed E-state index contributed by atoms with van der Waals surface area (Å²) in [5.41, 5.74) is 3.05. The summed E-state index contributed by atoms with van der Waals surface area (Å²) in [6.45, 7) is 0. The van der Waals surface area contributed by atoms with Crippen LogP contribution in [0.2, 0.25) is 0 Å². The average Bonchev–Trinajstić information content (AvgIpc) is 2.92. The highest BCUT2D eigenvalue weighted by atomic mass is 32.2. The molecule has 1 heterocycles. The van der Waals surface area contributed by atoms with Crippen molar-refractivity contribution in [3.8, 4) is 11.1 Å². The number of carbonyl (C=O) groups is 1. The van der Waals surface area contributed by atoms with Crippen LogP contribution in [0, 0.1) is 0 Å². The Morgan fingerprint density at radius 1 is 1.04 bits per heavy atom. The first-order valence-corrected chi connectivity index (χ1v) is 9.59. The third-order valence-corrected chi connectivity index (χ3v) is 5.62. The number of hydrogen-bond acceptors (Lipinski definition) is 4. The number of ether oxygens (including phenoxy) is 1. The maximum atomic E-state index is 11.8. The van der Waals surface area contributed by atoms with Gasteiger partial charge in [-0.3, -0.25) is 0 Å². The van der Waals surface area contributed by atoms with Crippen LogP contribution in [0.15, 0.2) is 60.7 Å². The lowest BCUT2D eigenvalue weighted by molar-refractivity contribution is -0.141. The van der Waals surface area contributed by atoms with Crippen LogP contribution in [-0.4, -0.2) is 32.0 Å². The van der Waals surface area contributed by atoms with Gasteiger partial charge in [0.1, 0.15) is 6.10 Å². The summed E-state index contributed by atoms with van der Waals surface area (Å²) in [5, 5.41) is 0. The van der Waals surface area contributed by atoms with Crippen LogP contribution >= 0.6 is 0 Å². The van der Waals surface area contributed by atoms with E-state index >= 15 is 0 Å². The molecule has 1 aliphatic rings. The summed E-state index contributed by atoms with van der Waals surface area (Å²) >= 11 is 0. The molecule has 1 aliphatic heterocycles. The van der Waals surface area contributed by atoms with Crippen LogP contribution in [0.1, 0.15) is 12.0 Å². The maximum Gasteiger partial charge on any atom is 0.331 e. The van der Waals surface area contributed by atoms with Gasteiger partial charge in [0.15, 0.2) is 9.84 Å². The Morgan fingerprint density at radius 3 is 2.50 bits per heavy atom. The Labute approximate surface area is 141 Å². The van der Waals surface area contributed by atoms with Crippen molar-refractivity contribution in [3.63, 3.8) is 0 Å². The predicted molar refractivity (Wildman–Crippen MR) is 94.1 cm³/mol. The van der Waals surface area contributed by atoms with E-state index in [4.69, 9.17) is 4.74 Å². The molecule has 1 fully saturated rings. The smallest absolute Gasteiger partial charge is 0.331 e. The summed E-state index contributed by atoms with van der Waals surface area (Å²) in [6.07, 6.45) is 2.88. The zero-order chi connectivity index (χ0) is 17.0. The molecule has 0 N–H and O–H groups in total. The Hall–Kier alpha value is -2.40. The highest BCUT2D eigenvalue weighted by Crippen LogP contribution is 2.21. The van der Waals surface area contributed by atoms with Gasteiger partial charge in [-0.15, -0.1) is 0 Å². The molecule has 0 unspecified atom stereocenters. The molecule has 124 valence electrons. The zero-order valence-corrected chi connectivity index (χ0v) is 13.9. The Balaban J connectivity index is 1.65. The molecule has 0 amide bonds. The molecule has 2 aromatic carbocycles. The molecule has 0 saturated carbocycles. The lowest BCUT2D eigenvalue weighted by Crippen LogP contribution is -2.17. The fourth-order valence-electron chi connectivity index (χ4n) is 2.67. The van der Waals surface area contributed by atoms with Crippen molar-refractivity contribution in [2.24, 2.45) is 0 Å². The third-order valence-electron chi connectivity index (χ3n) is 3.88. The third kappa shape index (κ3) is 4.32. The number of carbonyl (C=O) groups excluding carboxylic acids is 1. The maximum absolute atomic E-state index is 11.8. The molecule has 0 spiro atoms. The molecule has 1 atom stereocenters. The number of esters is 1. The molecule has 0 aromatic heterocycles. The van der Waals surface area contributed by atoms with Crippen molar-refractivity contribution < 1.29 is 17.9 Å². The predicted octanol–water partition coefficient (Wildman–Crippen LogP) is 3.10. The molecule has 3 rings (SSSR count). The van der Waals surface area contributed by atoms with Crippen molar-refractivity contribution in [2.75, 3.05) is 11.5 Å². The van der Waals surface area contributed by atoms with Crippen LogP contribution in [0.4, 0.5) is 0 Å². The molecular weight excluding hydrogens is 324 g/mol. The minimum atomic E-state index is -3.05. The minimum Gasteiger partial charge on any atom is -0.458 e. The van der Waals surface area contributed by atoms with E-state index in [-0.39, 0.29) is 11.5 Å². The number of sulfone groups is 1.